The van der Waals surface area contributed by atoms with E-state index in [9.17, 15) is 9.90 Å². The number of aliphatic imine (C=N–C) groups is 1. The fourth-order valence-corrected chi connectivity index (χ4v) is 2.51. The molecule has 134 valence electrons. The number of nitrogens with one attached hydrogen (secondary N) is 1. The van der Waals surface area contributed by atoms with Gasteiger partial charge in [-0.2, -0.15) is 0 Å². The monoisotopic (exact) mass is 373 g/mol. The van der Waals surface area contributed by atoms with E-state index < -0.39 is 11.5 Å². The smallest absolute Gasteiger partial charge is 0.436 e. The van der Waals surface area contributed by atoms with Crippen molar-refractivity contribution < 1.29 is 19.0 Å². The van der Waals surface area contributed by atoms with Gasteiger partial charge in [-0.25, -0.2) is 4.79 Å². The highest BCUT2D eigenvalue weighted by molar-refractivity contribution is 6.30. The summed E-state index contributed by atoms with van der Waals surface area (Å²) >= 11 is 5.84. The molecule has 1 N–H and O–H groups in total. The molecule has 0 aliphatic heterocycles. The Morgan fingerprint density at radius 1 is 1.23 bits per heavy atom. The summed E-state index contributed by atoms with van der Waals surface area (Å²) in [5, 5.41) is 15.4. The number of hydrogen-bond acceptors (Lipinski definition) is 5. The van der Waals surface area contributed by atoms with Crippen LogP contribution in [0, 0.1) is 0 Å². The van der Waals surface area contributed by atoms with Crippen molar-refractivity contribution >= 4 is 17.5 Å². The number of aromatic nitrogens is 2. The molecule has 0 atom stereocenters. The molecule has 0 bridgehead atoms. The van der Waals surface area contributed by atoms with Gasteiger partial charge in [-0.3, -0.25) is 9.52 Å². The molecule has 7 nitrogen and oxygen atoms in total. The second-order valence-corrected chi connectivity index (χ2v) is 5.86. The molecule has 0 saturated heterocycles. The molecule has 0 radical (unpaired) electrons. The zero-order chi connectivity index (χ0) is 18.5. The number of halogens is 1. The molecule has 0 aliphatic carbocycles. The van der Waals surface area contributed by atoms with Gasteiger partial charge >= 0.3 is 11.3 Å². The zero-order valence-corrected chi connectivity index (χ0v) is 14.7. The number of ether oxygens (including phenoxy) is 1. The lowest BCUT2D eigenvalue weighted by Crippen LogP contribution is -2.44. The summed E-state index contributed by atoms with van der Waals surface area (Å²) in [6, 6.07) is 14.1. The van der Waals surface area contributed by atoms with Gasteiger partial charge in [0.1, 0.15) is 5.75 Å². The van der Waals surface area contributed by atoms with Crippen LogP contribution in [0.15, 0.2) is 62.8 Å². The Balaban J connectivity index is 1.80. The fourth-order valence-electron chi connectivity index (χ4n) is 2.38. The van der Waals surface area contributed by atoms with E-state index in [2.05, 4.69) is 10.3 Å². The van der Waals surface area contributed by atoms with E-state index in [4.69, 9.17) is 20.9 Å². The number of methoxy groups -OCH3 is 1. The molecule has 1 aromatic heterocycles. The molecule has 26 heavy (non-hydrogen) atoms. The molecule has 0 saturated carbocycles. The first-order valence-corrected chi connectivity index (χ1v) is 8.20. The Kier molecular flexibility index (Phi) is 5.38. The number of rotatable bonds is 6. The molecule has 0 unspecified atom stereocenters. The predicted octanol–water partition coefficient (Wildman–Crippen LogP) is 1.26. The molecule has 1 heterocycles. The van der Waals surface area contributed by atoms with E-state index in [1.165, 1.54) is 4.68 Å². The third-order valence-corrected chi connectivity index (χ3v) is 4.00. The summed E-state index contributed by atoms with van der Waals surface area (Å²) in [5.74, 6) is 0.00509. The Morgan fingerprint density at radius 3 is 2.58 bits per heavy atom. The van der Waals surface area contributed by atoms with Crippen molar-refractivity contribution in [2.24, 2.45) is 4.99 Å². The summed E-state index contributed by atoms with van der Waals surface area (Å²) in [5.41, 5.74) is 0.579. The SMILES string of the molecule is COc1ccc(-[n+]2[nH]oc(=O)c2C([O-])=NCCc2ccc(Cl)cc2)cc1. The van der Waals surface area contributed by atoms with Gasteiger partial charge in [-0.05, 0) is 46.2 Å². The minimum absolute atomic E-state index is 0.189. The number of H-pyrrole nitrogens is 1. The average Bonchev–Trinajstić information content (AvgIpc) is 3.05. The third-order valence-electron chi connectivity index (χ3n) is 3.75. The molecular weight excluding hydrogens is 358 g/mol. The van der Waals surface area contributed by atoms with Crippen molar-refractivity contribution in [3.63, 3.8) is 0 Å². The maximum absolute atomic E-state index is 12.4. The lowest BCUT2D eigenvalue weighted by atomic mass is 10.1. The quantitative estimate of drug-likeness (QED) is 0.400. The normalized spacial score (nSPS) is 11.5. The Labute approximate surface area is 154 Å². The van der Waals surface area contributed by atoms with Gasteiger partial charge in [-0.15, -0.1) is 0 Å². The summed E-state index contributed by atoms with van der Waals surface area (Å²) in [4.78, 5) is 15.9. The molecule has 3 aromatic rings. The topological polar surface area (TPSA) is 94.5 Å². The van der Waals surface area contributed by atoms with Gasteiger partial charge in [0.2, 0.25) is 5.69 Å². The molecular formula is C18H16ClN3O4. The highest BCUT2D eigenvalue weighted by atomic mass is 35.5. The first-order valence-electron chi connectivity index (χ1n) is 7.82. The maximum Gasteiger partial charge on any atom is 0.436 e. The predicted molar refractivity (Wildman–Crippen MR) is 94.0 cm³/mol. The maximum atomic E-state index is 12.4. The van der Waals surface area contributed by atoms with Crippen molar-refractivity contribution in [1.29, 1.82) is 0 Å². The Hall–Kier alpha value is -3.06. The van der Waals surface area contributed by atoms with Crippen LogP contribution in [0.3, 0.4) is 0 Å². The largest absolute Gasteiger partial charge is 0.854 e. The second kappa shape index (κ2) is 7.88. The first-order chi connectivity index (χ1) is 12.6. The van der Waals surface area contributed by atoms with Crippen molar-refractivity contribution in [3.8, 4) is 11.4 Å². The van der Waals surface area contributed by atoms with Crippen molar-refractivity contribution in [3.05, 3.63) is 75.2 Å². The molecule has 0 spiro atoms. The van der Waals surface area contributed by atoms with Crippen LogP contribution in [0.5, 0.6) is 5.75 Å². The van der Waals surface area contributed by atoms with E-state index in [0.717, 1.165) is 5.56 Å². The van der Waals surface area contributed by atoms with Crippen molar-refractivity contribution in [2.45, 2.75) is 6.42 Å². The lowest BCUT2D eigenvalue weighted by Gasteiger charge is -2.05. The van der Waals surface area contributed by atoms with Gasteiger partial charge in [0.25, 0.3) is 0 Å². The number of benzene rings is 2. The zero-order valence-electron chi connectivity index (χ0n) is 13.9. The minimum Gasteiger partial charge on any atom is -0.854 e. The van der Waals surface area contributed by atoms with Crippen LogP contribution in [0.25, 0.3) is 5.69 Å². The standard InChI is InChI=1S/C18H16ClN3O4/c1-25-15-8-6-14(7-9-15)22-16(18(24)26-21-22)17(23)20-11-10-12-2-4-13(19)5-3-12/h2-9H,10-11H2,1H3,(H-,20,21,23,24). The fraction of sp³-hybridized carbons (Fsp3) is 0.167. The van der Waals surface area contributed by atoms with Crippen LogP contribution in [0.4, 0.5) is 0 Å². The van der Waals surface area contributed by atoms with Crippen LogP contribution in [0.2, 0.25) is 5.02 Å². The van der Waals surface area contributed by atoms with E-state index in [1.807, 2.05) is 12.1 Å². The van der Waals surface area contributed by atoms with Gasteiger partial charge in [-0.1, -0.05) is 23.7 Å². The highest BCUT2D eigenvalue weighted by Crippen LogP contribution is 2.11. The molecule has 0 amide bonds. The molecule has 2 aromatic carbocycles. The number of nitrogens with zero attached hydrogens (tertiary/aromatic N) is 2. The summed E-state index contributed by atoms with van der Waals surface area (Å²) in [6.45, 7) is 0.244. The van der Waals surface area contributed by atoms with Gasteiger partial charge in [0, 0.05) is 23.7 Å². The molecule has 0 aliphatic rings. The third kappa shape index (κ3) is 3.94. The van der Waals surface area contributed by atoms with Crippen LogP contribution in [0.1, 0.15) is 11.3 Å². The van der Waals surface area contributed by atoms with Gasteiger partial charge in [0.15, 0.2) is 0 Å². The van der Waals surface area contributed by atoms with E-state index in [1.54, 1.807) is 43.5 Å². The Bertz CT molecular complexity index is 959. The van der Waals surface area contributed by atoms with Crippen LogP contribution in [-0.4, -0.2) is 24.8 Å². The average molecular weight is 374 g/mol. The summed E-state index contributed by atoms with van der Waals surface area (Å²) in [7, 11) is 1.55. The number of hydrogen-bond donors (Lipinski definition) is 1. The highest BCUT2D eigenvalue weighted by Gasteiger charge is 2.23. The summed E-state index contributed by atoms with van der Waals surface area (Å²) < 4.78 is 11.1. The summed E-state index contributed by atoms with van der Waals surface area (Å²) in [6.07, 6.45) is 0.557. The Morgan fingerprint density at radius 2 is 1.92 bits per heavy atom. The van der Waals surface area contributed by atoms with Crippen LogP contribution in [-0.2, 0) is 6.42 Å². The van der Waals surface area contributed by atoms with Gasteiger partial charge < -0.3 is 9.84 Å². The molecule has 3 rings (SSSR count). The van der Waals surface area contributed by atoms with Crippen LogP contribution < -0.4 is 20.2 Å². The minimum atomic E-state index is -0.777. The lowest BCUT2D eigenvalue weighted by molar-refractivity contribution is -0.673. The second-order valence-electron chi connectivity index (χ2n) is 5.43. The van der Waals surface area contributed by atoms with E-state index in [-0.39, 0.29) is 12.2 Å². The first kappa shape index (κ1) is 17.8. The van der Waals surface area contributed by atoms with E-state index >= 15 is 0 Å². The van der Waals surface area contributed by atoms with Crippen LogP contribution >= 0.6 is 11.6 Å². The van der Waals surface area contributed by atoms with Crippen molar-refractivity contribution in [1.82, 2.24) is 5.27 Å². The van der Waals surface area contributed by atoms with Gasteiger partial charge in [0.05, 0.1) is 13.0 Å². The van der Waals surface area contributed by atoms with Crippen molar-refractivity contribution in [2.75, 3.05) is 13.7 Å². The van der Waals surface area contributed by atoms with E-state index in [0.29, 0.717) is 22.9 Å². The number of aromatic amines is 1. The molecule has 8 heteroatoms. The molecule has 0 fully saturated rings.